The molecule has 4 atom stereocenters. The summed E-state index contributed by atoms with van der Waals surface area (Å²) in [6, 6.07) is 6.87. The van der Waals surface area contributed by atoms with E-state index in [0.717, 1.165) is 16.3 Å². The highest BCUT2D eigenvalue weighted by Crippen LogP contribution is 2.63. The fourth-order valence-corrected chi connectivity index (χ4v) is 4.51. The summed E-state index contributed by atoms with van der Waals surface area (Å²) in [5.41, 5.74) is -1.14. The molecule has 1 aromatic heterocycles. The Kier molecular flexibility index (Phi) is 5.36. The molecule has 150 valence electrons. The van der Waals surface area contributed by atoms with Crippen LogP contribution >= 0.6 is 19.8 Å². The van der Waals surface area contributed by atoms with E-state index < -0.39 is 43.7 Å². The van der Waals surface area contributed by atoms with Gasteiger partial charge in [-0.15, -0.1) is 9.05 Å². The van der Waals surface area contributed by atoms with Crippen molar-refractivity contribution in [2.45, 2.75) is 31.5 Å². The second-order valence-corrected chi connectivity index (χ2v) is 8.42. The molecular formula is C16H16ClFN2O7P+. The van der Waals surface area contributed by atoms with Gasteiger partial charge >= 0.3 is 13.9 Å². The number of fused-ring (bicyclic) bond motifs is 1. The minimum Gasteiger partial charge on any atom is -0.349 e. The van der Waals surface area contributed by atoms with E-state index in [4.69, 9.17) is 29.9 Å². The monoisotopic (exact) mass is 433 g/mol. The third kappa shape index (κ3) is 4.04. The summed E-state index contributed by atoms with van der Waals surface area (Å²) in [4.78, 5) is 35.5. The first-order valence-corrected chi connectivity index (χ1v) is 10.2. The summed E-state index contributed by atoms with van der Waals surface area (Å²) in [5, 5.41) is 0.577. The Bertz CT molecular complexity index is 984. The molecule has 1 unspecified atom stereocenters. The van der Waals surface area contributed by atoms with Crippen molar-refractivity contribution in [1.29, 1.82) is 0 Å². The van der Waals surface area contributed by atoms with Crippen molar-refractivity contribution in [3.8, 4) is 0 Å². The molecule has 0 bridgehead atoms. The van der Waals surface area contributed by atoms with E-state index in [2.05, 4.69) is 0 Å². The van der Waals surface area contributed by atoms with Gasteiger partial charge in [0.15, 0.2) is 0 Å². The first-order valence-electron chi connectivity index (χ1n) is 8.33. The van der Waals surface area contributed by atoms with Gasteiger partial charge in [0, 0.05) is 11.4 Å². The van der Waals surface area contributed by atoms with Gasteiger partial charge in [0.1, 0.15) is 31.6 Å². The molecule has 0 radical (unpaired) electrons. The van der Waals surface area contributed by atoms with Crippen molar-refractivity contribution < 1.29 is 27.6 Å². The fourth-order valence-electron chi connectivity index (χ4n) is 2.98. The normalized spacial score (nSPS) is 29.6. The molecule has 0 spiro atoms. The summed E-state index contributed by atoms with van der Waals surface area (Å²) in [7, 11) is -3.59. The van der Waals surface area contributed by atoms with E-state index in [1.54, 1.807) is 24.3 Å². The van der Waals surface area contributed by atoms with Crippen LogP contribution in [0.15, 0.2) is 40.1 Å². The minimum absolute atomic E-state index is 0.0212. The van der Waals surface area contributed by atoms with E-state index in [0.29, 0.717) is 5.02 Å². The largest absolute Gasteiger partial charge is 0.573 e. The van der Waals surface area contributed by atoms with E-state index in [1.165, 1.54) is 0 Å². The molecule has 2 saturated heterocycles. The van der Waals surface area contributed by atoms with Crippen molar-refractivity contribution in [2.24, 2.45) is 0 Å². The second kappa shape index (κ2) is 7.64. The van der Waals surface area contributed by atoms with Crippen LogP contribution in [0.2, 0.25) is 5.02 Å². The maximum absolute atomic E-state index is 13.5. The number of aromatic nitrogens is 2. The number of aromatic amines is 1. The third-order valence-corrected chi connectivity index (χ3v) is 6.11. The predicted molar refractivity (Wildman–Crippen MR) is 96.0 cm³/mol. The first-order chi connectivity index (χ1) is 13.3. The quantitative estimate of drug-likeness (QED) is 0.708. The maximum atomic E-state index is 13.5. The van der Waals surface area contributed by atoms with Gasteiger partial charge in [0.05, 0.1) is 6.20 Å². The van der Waals surface area contributed by atoms with Crippen LogP contribution in [-0.2, 0) is 24.9 Å². The van der Waals surface area contributed by atoms with Gasteiger partial charge in [-0.1, -0.05) is 23.7 Å². The molecule has 1 aromatic carbocycles. The number of ether oxygens (including phenoxy) is 1. The lowest BCUT2D eigenvalue weighted by Crippen LogP contribution is -2.35. The van der Waals surface area contributed by atoms with Crippen molar-refractivity contribution >= 4 is 19.8 Å². The van der Waals surface area contributed by atoms with Crippen LogP contribution in [-0.4, -0.2) is 33.3 Å². The summed E-state index contributed by atoms with van der Waals surface area (Å²) in [6.07, 6.45) is -1.15. The van der Waals surface area contributed by atoms with Crippen LogP contribution in [0, 0.1) is 5.82 Å². The zero-order valence-corrected chi connectivity index (χ0v) is 15.9. The lowest BCUT2D eigenvalue weighted by molar-refractivity contribution is -0.0828. The molecule has 2 fully saturated rings. The second-order valence-electron chi connectivity index (χ2n) is 6.32. The van der Waals surface area contributed by atoms with Crippen LogP contribution in [0.5, 0.6) is 0 Å². The number of halogens is 2. The molecule has 2 aromatic rings. The van der Waals surface area contributed by atoms with Gasteiger partial charge < -0.3 is 4.74 Å². The topological polar surface area (TPSA) is 112 Å². The standard InChI is InChI=1S/C16H15ClFN2O7P/c17-10-3-1-9(2-4-10)7-24-28(23)25-8-13-12(27-28)5-14(26-13)20-6-11(18)15(21)19-16(20)22/h1-4,6,12-14,23H,5,7-8H2/p+1/t12-,13+,14+,28?/m0/s1. The van der Waals surface area contributed by atoms with Gasteiger partial charge in [0.25, 0.3) is 5.56 Å². The van der Waals surface area contributed by atoms with E-state index >= 15 is 0 Å². The highest BCUT2D eigenvalue weighted by atomic mass is 35.5. The molecule has 2 aliphatic rings. The number of nitrogens with zero attached hydrogens (tertiary/aromatic N) is 1. The maximum Gasteiger partial charge on any atom is 0.573 e. The number of benzene rings is 1. The van der Waals surface area contributed by atoms with Crippen molar-refractivity contribution in [3.05, 3.63) is 67.7 Å². The van der Waals surface area contributed by atoms with Crippen LogP contribution in [0.25, 0.3) is 0 Å². The minimum atomic E-state index is -3.59. The lowest BCUT2D eigenvalue weighted by Gasteiger charge is -2.26. The highest BCUT2D eigenvalue weighted by Gasteiger charge is 2.57. The van der Waals surface area contributed by atoms with Gasteiger partial charge in [-0.2, -0.15) is 13.8 Å². The average Bonchev–Trinajstić information content (AvgIpc) is 3.07. The zero-order chi connectivity index (χ0) is 19.9. The number of hydrogen-bond donors (Lipinski definition) is 2. The fraction of sp³-hybridized carbons (Fsp3) is 0.375. The Balaban J connectivity index is 1.43. The average molecular weight is 434 g/mol. The Morgan fingerprint density at radius 3 is 2.82 bits per heavy atom. The van der Waals surface area contributed by atoms with E-state index in [1.807, 2.05) is 4.98 Å². The van der Waals surface area contributed by atoms with Crippen LogP contribution in [0.1, 0.15) is 18.2 Å². The SMILES string of the molecule is O=c1[nH]c(=O)n([C@H]2C[C@@H]3O[P+](O)(OCc4ccc(Cl)cc4)OC[C@H]3O2)cc1F. The number of nitrogens with one attached hydrogen (secondary N) is 1. The lowest BCUT2D eigenvalue weighted by atomic mass is 10.2. The Labute approximate surface area is 163 Å². The van der Waals surface area contributed by atoms with Gasteiger partial charge in [0.2, 0.25) is 5.82 Å². The number of H-pyrrole nitrogens is 1. The molecule has 4 rings (SSSR count). The molecule has 0 amide bonds. The number of rotatable bonds is 4. The van der Waals surface area contributed by atoms with Crippen molar-refractivity contribution in [3.63, 3.8) is 0 Å². The van der Waals surface area contributed by atoms with E-state index in [9.17, 15) is 18.9 Å². The molecule has 28 heavy (non-hydrogen) atoms. The van der Waals surface area contributed by atoms with E-state index in [-0.39, 0.29) is 19.6 Å². The Morgan fingerprint density at radius 2 is 2.07 bits per heavy atom. The Morgan fingerprint density at radius 1 is 1.32 bits per heavy atom. The Hall–Kier alpha value is -1.65. The summed E-state index contributed by atoms with van der Waals surface area (Å²) >= 11 is 5.83. The third-order valence-electron chi connectivity index (χ3n) is 4.39. The van der Waals surface area contributed by atoms with Crippen LogP contribution in [0.3, 0.4) is 0 Å². The van der Waals surface area contributed by atoms with Gasteiger partial charge in [-0.05, 0) is 17.7 Å². The molecule has 9 nitrogen and oxygen atoms in total. The molecule has 2 aliphatic heterocycles. The highest BCUT2D eigenvalue weighted by molar-refractivity contribution is 7.55. The van der Waals surface area contributed by atoms with Crippen molar-refractivity contribution in [2.75, 3.05) is 6.61 Å². The molecule has 2 N–H and O–H groups in total. The molecule has 3 heterocycles. The summed E-state index contributed by atoms with van der Waals surface area (Å²) in [5.74, 6) is -1.11. The molecule has 12 heteroatoms. The van der Waals surface area contributed by atoms with Crippen molar-refractivity contribution in [1.82, 2.24) is 9.55 Å². The smallest absolute Gasteiger partial charge is 0.349 e. The number of hydrogen-bond acceptors (Lipinski definition) is 7. The zero-order valence-electron chi connectivity index (χ0n) is 14.3. The summed E-state index contributed by atoms with van der Waals surface area (Å²) < 4.78 is 36.5. The molecule has 0 aliphatic carbocycles. The van der Waals surface area contributed by atoms with Crippen LogP contribution < -0.4 is 11.2 Å². The van der Waals surface area contributed by atoms with Gasteiger partial charge in [-0.25, -0.2) is 4.79 Å². The molecule has 0 saturated carbocycles. The predicted octanol–water partition coefficient (Wildman–Crippen LogP) is 1.92. The first kappa shape index (κ1) is 19.7. The van der Waals surface area contributed by atoms with Crippen LogP contribution in [0.4, 0.5) is 4.39 Å². The summed E-state index contributed by atoms with van der Waals surface area (Å²) in [6.45, 7) is 0.0281. The molecular weight excluding hydrogens is 418 g/mol. The van der Waals surface area contributed by atoms with Gasteiger partial charge in [-0.3, -0.25) is 14.3 Å².